The molecule has 0 saturated heterocycles. The van der Waals surface area contributed by atoms with E-state index in [9.17, 15) is 0 Å². The second kappa shape index (κ2) is 9.75. The number of nitrogens with zero attached hydrogens (tertiary/aromatic N) is 1. The molecule has 0 amide bonds. The Bertz CT molecular complexity index is 240. The van der Waals surface area contributed by atoms with E-state index in [0.29, 0.717) is 0 Å². The molecular weight excluding hydrogens is 246 g/mol. The van der Waals surface area contributed by atoms with Crippen LogP contribution in [0.4, 0.5) is 0 Å². The monoisotopic (exact) mass is 283 g/mol. The van der Waals surface area contributed by atoms with Crippen molar-refractivity contribution in [1.29, 1.82) is 0 Å². The van der Waals surface area contributed by atoms with Gasteiger partial charge < -0.3 is 16.0 Å². The van der Waals surface area contributed by atoms with Crippen molar-refractivity contribution in [1.82, 2.24) is 10.2 Å². The summed E-state index contributed by atoms with van der Waals surface area (Å²) in [5.74, 6) is 0.943. The molecule has 1 rings (SSSR count). The summed E-state index contributed by atoms with van der Waals surface area (Å²) in [5.41, 5.74) is 6.35. The summed E-state index contributed by atoms with van der Waals surface area (Å²) in [4.78, 5) is 2.48. The third-order valence-electron chi connectivity index (χ3n) is 5.21. The summed E-state index contributed by atoms with van der Waals surface area (Å²) in [6, 6.07) is 0. The van der Waals surface area contributed by atoms with Crippen molar-refractivity contribution in [3.63, 3.8) is 0 Å². The molecule has 0 spiro atoms. The molecule has 2 atom stereocenters. The summed E-state index contributed by atoms with van der Waals surface area (Å²) < 4.78 is 0. The molecule has 3 nitrogen and oxygen atoms in total. The van der Waals surface area contributed by atoms with Crippen LogP contribution in [0.1, 0.15) is 65.7 Å². The molecule has 3 heteroatoms. The van der Waals surface area contributed by atoms with Gasteiger partial charge in [0.25, 0.3) is 0 Å². The van der Waals surface area contributed by atoms with Gasteiger partial charge in [0.2, 0.25) is 0 Å². The van der Waals surface area contributed by atoms with Gasteiger partial charge in [-0.15, -0.1) is 0 Å². The highest BCUT2D eigenvalue weighted by atomic mass is 15.1. The summed E-state index contributed by atoms with van der Waals surface area (Å²) in [5, 5.41) is 3.82. The fraction of sp³-hybridized carbons (Fsp3) is 1.00. The lowest BCUT2D eigenvalue weighted by molar-refractivity contribution is 0.248. The van der Waals surface area contributed by atoms with Crippen LogP contribution < -0.4 is 11.1 Å². The molecule has 0 aromatic rings. The van der Waals surface area contributed by atoms with Crippen LogP contribution in [0, 0.1) is 5.92 Å². The van der Waals surface area contributed by atoms with Gasteiger partial charge in [-0.2, -0.15) is 0 Å². The van der Waals surface area contributed by atoms with E-state index in [2.05, 4.69) is 31.0 Å². The van der Waals surface area contributed by atoms with Crippen molar-refractivity contribution >= 4 is 0 Å². The van der Waals surface area contributed by atoms with E-state index < -0.39 is 0 Å². The smallest absolute Gasteiger partial charge is 0.0304 e. The molecule has 0 aromatic heterocycles. The Kier molecular flexibility index (Phi) is 8.74. The molecule has 1 aliphatic carbocycles. The first-order valence-electron chi connectivity index (χ1n) is 8.87. The Morgan fingerprint density at radius 2 is 1.90 bits per heavy atom. The van der Waals surface area contributed by atoms with Crippen LogP contribution in [0.5, 0.6) is 0 Å². The maximum Gasteiger partial charge on any atom is 0.0304 e. The van der Waals surface area contributed by atoms with Crippen molar-refractivity contribution in [2.75, 3.05) is 32.7 Å². The lowest BCUT2D eigenvalue weighted by Crippen LogP contribution is -2.52. The minimum Gasteiger partial charge on any atom is -0.329 e. The highest BCUT2D eigenvalue weighted by Gasteiger charge is 2.31. The average Bonchev–Trinajstić information content (AvgIpc) is 2.68. The molecule has 0 aromatic carbocycles. The van der Waals surface area contributed by atoms with Gasteiger partial charge in [0.05, 0.1) is 0 Å². The van der Waals surface area contributed by atoms with Crippen molar-refractivity contribution in [2.45, 2.75) is 71.3 Å². The van der Waals surface area contributed by atoms with Crippen molar-refractivity contribution < 1.29 is 0 Å². The number of hydrogen-bond acceptors (Lipinski definition) is 3. The SMILES string of the molecule is CCCC1CCCC(CN)(NCCN(CC)CC)CC1. The van der Waals surface area contributed by atoms with Crippen LogP contribution in [-0.4, -0.2) is 43.2 Å². The standard InChI is InChI=1S/C17H37N3/c1-4-8-16-9-7-11-17(15-18,12-10-16)19-13-14-20(5-2)6-3/h16,19H,4-15,18H2,1-3H3. The molecule has 1 saturated carbocycles. The second-order valence-corrected chi connectivity index (χ2v) is 6.52. The molecule has 1 aliphatic rings. The largest absolute Gasteiger partial charge is 0.329 e. The Labute approximate surface area is 126 Å². The number of nitrogens with two attached hydrogens (primary N) is 1. The summed E-state index contributed by atoms with van der Waals surface area (Å²) in [7, 11) is 0. The van der Waals surface area contributed by atoms with Crippen LogP contribution in [0.3, 0.4) is 0 Å². The van der Waals surface area contributed by atoms with E-state index in [-0.39, 0.29) is 5.54 Å². The minimum absolute atomic E-state index is 0.218. The topological polar surface area (TPSA) is 41.3 Å². The lowest BCUT2D eigenvalue weighted by atomic mass is 9.89. The molecule has 1 fully saturated rings. The van der Waals surface area contributed by atoms with Crippen LogP contribution >= 0.6 is 0 Å². The zero-order valence-electron chi connectivity index (χ0n) is 14.1. The van der Waals surface area contributed by atoms with E-state index in [1.54, 1.807) is 0 Å². The Balaban J connectivity index is 2.42. The zero-order chi connectivity index (χ0) is 14.8. The van der Waals surface area contributed by atoms with E-state index in [1.807, 2.05) is 0 Å². The van der Waals surface area contributed by atoms with Crippen LogP contribution in [0.25, 0.3) is 0 Å². The van der Waals surface area contributed by atoms with E-state index >= 15 is 0 Å². The third kappa shape index (κ3) is 5.71. The molecule has 3 N–H and O–H groups in total. The predicted molar refractivity (Wildman–Crippen MR) is 89.1 cm³/mol. The maximum atomic E-state index is 6.13. The quantitative estimate of drug-likeness (QED) is 0.639. The van der Waals surface area contributed by atoms with Crippen molar-refractivity contribution in [2.24, 2.45) is 11.7 Å². The highest BCUT2D eigenvalue weighted by Crippen LogP contribution is 2.32. The minimum atomic E-state index is 0.218. The maximum absolute atomic E-state index is 6.13. The van der Waals surface area contributed by atoms with E-state index in [1.165, 1.54) is 44.9 Å². The van der Waals surface area contributed by atoms with Gasteiger partial charge in [0.1, 0.15) is 0 Å². The number of rotatable bonds is 9. The Morgan fingerprint density at radius 3 is 2.50 bits per heavy atom. The van der Waals surface area contributed by atoms with Crippen molar-refractivity contribution in [3.8, 4) is 0 Å². The molecule has 2 unspecified atom stereocenters. The number of nitrogens with one attached hydrogen (secondary N) is 1. The van der Waals surface area contributed by atoms with Gasteiger partial charge in [-0.3, -0.25) is 0 Å². The molecule has 20 heavy (non-hydrogen) atoms. The first kappa shape index (κ1) is 17.9. The second-order valence-electron chi connectivity index (χ2n) is 6.52. The normalized spacial score (nSPS) is 27.8. The molecule has 0 heterocycles. The number of likely N-dealkylation sites (N-methyl/N-ethyl adjacent to an activating group) is 1. The summed E-state index contributed by atoms with van der Waals surface area (Å²) in [6.45, 7) is 12.1. The van der Waals surface area contributed by atoms with Gasteiger partial charge in [0.15, 0.2) is 0 Å². The molecule has 0 bridgehead atoms. The fourth-order valence-corrected chi connectivity index (χ4v) is 3.65. The van der Waals surface area contributed by atoms with Gasteiger partial charge >= 0.3 is 0 Å². The average molecular weight is 284 g/mol. The number of hydrogen-bond donors (Lipinski definition) is 2. The molecule has 0 radical (unpaired) electrons. The third-order valence-corrected chi connectivity index (χ3v) is 5.21. The first-order chi connectivity index (χ1) is 9.69. The Hall–Kier alpha value is -0.120. The lowest BCUT2D eigenvalue weighted by Gasteiger charge is -2.34. The first-order valence-corrected chi connectivity index (χ1v) is 8.87. The van der Waals surface area contributed by atoms with E-state index in [4.69, 9.17) is 5.73 Å². The Morgan fingerprint density at radius 1 is 1.15 bits per heavy atom. The predicted octanol–water partition coefficient (Wildman–Crippen LogP) is 3.00. The van der Waals surface area contributed by atoms with Crippen LogP contribution in [-0.2, 0) is 0 Å². The molecule has 0 aliphatic heterocycles. The van der Waals surface area contributed by atoms with Crippen LogP contribution in [0.2, 0.25) is 0 Å². The van der Waals surface area contributed by atoms with Gasteiger partial charge in [-0.05, 0) is 38.3 Å². The van der Waals surface area contributed by atoms with Gasteiger partial charge in [0, 0.05) is 25.2 Å². The fourth-order valence-electron chi connectivity index (χ4n) is 3.65. The van der Waals surface area contributed by atoms with Gasteiger partial charge in [-0.1, -0.05) is 46.5 Å². The van der Waals surface area contributed by atoms with Crippen LogP contribution in [0.15, 0.2) is 0 Å². The highest BCUT2D eigenvalue weighted by molar-refractivity contribution is 4.92. The van der Waals surface area contributed by atoms with Gasteiger partial charge in [-0.25, -0.2) is 0 Å². The summed E-state index contributed by atoms with van der Waals surface area (Å²) >= 11 is 0. The molecular formula is C17H37N3. The van der Waals surface area contributed by atoms with Crippen molar-refractivity contribution in [3.05, 3.63) is 0 Å². The summed E-state index contributed by atoms with van der Waals surface area (Å²) in [6.07, 6.45) is 9.39. The zero-order valence-corrected chi connectivity index (χ0v) is 14.1. The van der Waals surface area contributed by atoms with E-state index in [0.717, 1.165) is 38.6 Å². The molecule has 120 valence electrons.